The first kappa shape index (κ1) is 28.3. The lowest BCUT2D eigenvalue weighted by atomic mass is 9.63. The van der Waals surface area contributed by atoms with Crippen molar-refractivity contribution in [2.75, 3.05) is 0 Å². The Kier molecular flexibility index (Phi) is 12.8. The second-order valence-corrected chi connectivity index (χ2v) is 9.68. The van der Waals surface area contributed by atoms with E-state index in [1.165, 1.54) is 0 Å². The van der Waals surface area contributed by atoms with Gasteiger partial charge in [-0.25, -0.2) is 0 Å². The number of rotatable bonds is 17. The molecule has 30 heavy (non-hydrogen) atoms. The molecule has 0 rings (SSSR count). The molecule has 0 aromatic carbocycles. The van der Waals surface area contributed by atoms with Crippen molar-refractivity contribution in [3.8, 4) is 0 Å². The monoisotopic (exact) mass is 426 g/mol. The quantitative estimate of drug-likeness (QED) is 0.323. The van der Waals surface area contributed by atoms with Crippen LogP contribution in [0.4, 0.5) is 0 Å². The Morgan fingerprint density at radius 1 is 0.867 bits per heavy atom. The van der Waals surface area contributed by atoms with Crippen LogP contribution in [-0.4, -0.2) is 33.7 Å². The first-order chi connectivity index (χ1) is 13.9. The zero-order chi connectivity index (χ0) is 23.5. The number of unbranched alkanes of at least 4 members (excludes halogenated alkanes) is 2. The van der Waals surface area contributed by atoms with E-state index in [0.29, 0.717) is 25.7 Å². The Balaban J connectivity index is 5.88. The Morgan fingerprint density at radius 2 is 1.37 bits per heavy atom. The summed E-state index contributed by atoms with van der Waals surface area (Å²) in [6.45, 7) is 11.4. The van der Waals surface area contributed by atoms with E-state index < -0.39 is 35.1 Å². The number of carbonyl (C=O) groups is 4. The third kappa shape index (κ3) is 9.86. The van der Waals surface area contributed by atoms with Gasteiger partial charge in [-0.2, -0.15) is 0 Å². The van der Waals surface area contributed by atoms with Crippen molar-refractivity contribution in [1.82, 2.24) is 0 Å². The van der Waals surface area contributed by atoms with Gasteiger partial charge in [-0.1, -0.05) is 54.4 Å². The number of carboxylic acids is 2. The van der Waals surface area contributed by atoms with Crippen LogP contribution in [-0.2, 0) is 19.2 Å². The number of carboxylic acid groups (broad SMARTS) is 2. The minimum atomic E-state index is -1.06. The van der Waals surface area contributed by atoms with Gasteiger partial charge in [0.1, 0.15) is 11.6 Å². The Labute approximate surface area is 181 Å². The Morgan fingerprint density at radius 3 is 1.77 bits per heavy atom. The third-order valence-corrected chi connectivity index (χ3v) is 5.85. The summed E-state index contributed by atoms with van der Waals surface area (Å²) >= 11 is 0. The second-order valence-electron chi connectivity index (χ2n) is 9.68. The summed E-state index contributed by atoms with van der Waals surface area (Å²) in [5.74, 6) is -4.47. The summed E-state index contributed by atoms with van der Waals surface area (Å²) < 4.78 is 0. The topological polar surface area (TPSA) is 109 Å². The van der Waals surface area contributed by atoms with Crippen LogP contribution >= 0.6 is 0 Å². The minimum Gasteiger partial charge on any atom is -0.481 e. The van der Waals surface area contributed by atoms with Crippen LogP contribution in [0, 0.1) is 29.1 Å². The van der Waals surface area contributed by atoms with Crippen LogP contribution in [0.2, 0.25) is 0 Å². The van der Waals surface area contributed by atoms with Gasteiger partial charge in [-0.05, 0) is 37.0 Å². The molecule has 3 unspecified atom stereocenters. The molecule has 0 amide bonds. The normalized spacial score (nSPS) is 14.9. The maximum atomic E-state index is 12.9. The Hall–Kier alpha value is -1.72. The van der Waals surface area contributed by atoms with Crippen molar-refractivity contribution < 1.29 is 29.4 Å². The third-order valence-electron chi connectivity index (χ3n) is 5.85. The highest BCUT2D eigenvalue weighted by Gasteiger charge is 2.45. The zero-order valence-corrected chi connectivity index (χ0v) is 19.7. The van der Waals surface area contributed by atoms with E-state index in [4.69, 9.17) is 0 Å². The molecule has 2 N–H and O–H groups in total. The Bertz CT molecular complexity index is 578. The first-order valence-electron chi connectivity index (χ1n) is 11.4. The standard InChI is InChI=1S/C24H42O6/c1-7-9-11-19(25)17(14-21(27)28)15-24(5,6)22(23(29)30)18(13-16(3)4)20(26)12-10-8-2/h16-18,22H,7-15H2,1-6H3,(H,27,28)(H,29,30). The summed E-state index contributed by atoms with van der Waals surface area (Å²) in [6.07, 6.45) is 4.04. The molecule has 0 aliphatic heterocycles. The fraction of sp³-hybridized carbons (Fsp3) is 0.833. The van der Waals surface area contributed by atoms with Crippen LogP contribution in [0.3, 0.4) is 0 Å². The summed E-state index contributed by atoms with van der Waals surface area (Å²) in [5.41, 5.74) is -0.894. The van der Waals surface area contributed by atoms with Crippen molar-refractivity contribution >= 4 is 23.5 Å². The van der Waals surface area contributed by atoms with Gasteiger partial charge >= 0.3 is 11.9 Å². The van der Waals surface area contributed by atoms with Crippen LogP contribution in [0.15, 0.2) is 0 Å². The summed E-state index contributed by atoms with van der Waals surface area (Å²) in [5, 5.41) is 19.4. The summed E-state index contributed by atoms with van der Waals surface area (Å²) in [4.78, 5) is 49.3. The predicted molar refractivity (Wildman–Crippen MR) is 117 cm³/mol. The second kappa shape index (κ2) is 13.6. The highest BCUT2D eigenvalue weighted by atomic mass is 16.4. The fourth-order valence-electron chi connectivity index (χ4n) is 4.38. The van der Waals surface area contributed by atoms with Crippen molar-refractivity contribution in [2.24, 2.45) is 29.1 Å². The molecule has 0 bridgehead atoms. The molecule has 0 aromatic rings. The molecule has 0 aliphatic carbocycles. The maximum Gasteiger partial charge on any atom is 0.307 e. The van der Waals surface area contributed by atoms with Gasteiger partial charge in [-0.3, -0.25) is 19.2 Å². The molecule has 0 spiro atoms. The number of Topliss-reactive ketones (excluding diaryl/α,β-unsaturated/α-hetero) is 2. The van der Waals surface area contributed by atoms with Crippen molar-refractivity contribution in [3.05, 3.63) is 0 Å². The van der Waals surface area contributed by atoms with E-state index in [-0.39, 0.29) is 30.3 Å². The van der Waals surface area contributed by atoms with Crippen molar-refractivity contribution in [1.29, 1.82) is 0 Å². The summed E-state index contributed by atoms with van der Waals surface area (Å²) in [7, 11) is 0. The van der Waals surface area contributed by atoms with Gasteiger partial charge in [0.05, 0.1) is 12.3 Å². The molecule has 0 aliphatic rings. The van der Waals surface area contributed by atoms with Crippen molar-refractivity contribution in [2.45, 2.75) is 99.3 Å². The summed E-state index contributed by atoms with van der Waals surface area (Å²) in [6, 6.07) is 0. The molecule has 0 heterocycles. The molecule has 0 radical (unpaired) electrons. The number of hydrogen-bond donors (Lipinski definition) is 2. The van der Waals surface area contributed by atoms with Crippen molar-refractivity contribution in [3.63, 3.8) is 0 Å². The first-order valence-corrected chi connectivity index (χ1v) is 11.4. The fourth-order valence-corrected chi connectivity index (χ4v) is 4.38. The van der Waals surface area contributed by atoms with E-state index in [1.807, 2.05) is 27.7 Å². The predicted octanol–water partition coefficient (Wildman–Crippen LogP) is 5.38. The van der Waals surface area contributed by atoms with Gasteiger partial charge in [0.25, 0.3) is 0 Å². The zero-order valence-electron chi connectivity index (χ0n) is 19.7. The number of ketones is 2. The van der Waals surface area contributed by atoms with Crippen LogP contribution < -0.4 is 0 Å². The van der Waals surface area contributed by atoms with E-state index in [9.17, 15) is 29.4 Å². The van der Waals surface area contributed by atoms with Crippen LogP contribution in [0.1, 0.15) is 99.3 Å². The smallest absolute Gasteiger partial charge is 0.307 e. The van der Waals surface area contributed by atoms with Gasteiger partial charge in [-0.15, -0.1) is 0 Å². The van der Waals surface area contributed by atoms with E-state index >= 15 is 0 Å². The molecule has 0 aromatic heterocycles. The van der Waals surface area contributed by atoms with Crippen LogP contribution in [0.25, 0.3) is 0 Å². The minimum absolute atomic E-state index is 0.0434. The molecule has 174 valence electrons. The van der Waals surface area contributed by atoms with E-state index in [2.05, 4.69) is 0 Å². The number of aliphatic carboxylic acids is 2. The number of hydrogen-bond acceptors (Lipinski definition) is 4. The van der Waals surface area contributed by atoms with Gasteiger partial charge in [0, 0.05) is 24.7 Å². The largest absolute Gasteiger partial charge is 0.481 e. The SMILES string of the molecule is CCCCC(=O)C(CC(=O)O)CC(C)(C)C(C(=O)O)C(CC(C)C)C(=O)CCCC. The number of carbonyl (C=O) groups excluding carboxylic acids is 2. The molecule has 6 heteroatoms. The molecular formula is C24H42O6. The van der Waals surface area contributed by atoms with Gasteiger partial charge < -0.3 is 10.2 Å². The maximum absolute atomic E-state index is 12.9. The average molecular weight is 427 g/mol. The van der Waals surface area contributed by atoms with E-state index in [1.54, 1.807) is 13.8 Å². The van der Waals surface area contributed by atoms with Gasteiger partial charge in [0.2, 0.25) is 0 Å². The highest BCUT2D eigenvalue weighted by Crippen LogP contribution is 2.42. The average Bonchev–Trinajstić information content (AvgIpc) is 2.61. The van der Waals surface area contributed by atoms with Crippen LogP contribution in [0.5, 0.6) is 0 Å². The molecular weight excluding hydrogens is 384 g/mol. The molecule has 0 saturated heterocycles. The van der Waals surface area contributed by atoms with E-state index in [0.717, 1.165) is 19.3 Å². The molecule has 3 atom stereocenters. The lowest BCUT2D eigenvalue weighted by Gasteiger charge is -2.38. The molecule has 0 fully saturated rings. The van der Waals surface area contributed by atoms with Gasteiger partial charge in [0.15, 0.2) is 0 Å². The molecule has 0 saturated carbocycles. The highest BCUT2D eigenvalue weighted by molar-refractivity contribution is 5.87. The lowest BCUT2D eigenvalue weighted by molar-refractivity contribution is -0.154. The molecule has 6 nitrogen and oxygen atoms in total. The lowest BCUT2D eigenvalue weighted by Crippen LogP contribution is -2.43.